The number of nitriles is 1. The van der Waals surface area contributed by atoms with Crippen molar-refractivity contribution in [3.63, 3.8) is 0 Å². The van der Waals surface area contributed by atoms with E-state index in [1.807, 2.05) is 79.7 Å². The molecule has 0 fully saturated rings. The van der Waals surface area contributed by atoms with Gasteiger partial charge in [0.25, 0.3) is 0 Å². The molecule has 0 unspecified atom stereocenters. The van der Waals surface area contributed by atoms with Gasteiger partial charge in [-0.3, -0.25) is 0 Å². The molecule has 1 aromatic heterocycles. The van der Waals surface area contributed by atoms with Crippen LogP contribution in [0.4, 0.5) is 11.5 Å². The summed E-state index contributed by atoms with van der Waals surface area (Å²) >= 11 is 12.2. The van der Waals surface area contributed by atoms with E-state index in [9.17, 15) is 5.26 Å². The third-order valence-electron chi connectivity index (χ3n) is 5.88. The Bertz CT molecular complexity index is 1450. The molecule has 0 saturated carbocycles. The zero-order valence-electron chi connectivity index (χ0n) is 19.0. The van der Waals surface area contributed by atoms with Gasteiger partial charge in [0, 0.05) is 32.4 Å². The third-order valence-corrected chi connectivity index (χ3v) is 6.38. The van der Waals surface area contributed by atoms with Gasteiger partial charge in [-0.1, -0.05) is 65.2 Å². The van der Waals surface area contributed by atoms with Crippen LogP contribution in [0.15, 0.2) is 72.8 Å². The van der Waals surface area contributed by atoms with Gasteiger partial charge in [0.1, 0.15) is 17.5 Å². The highest BCUT2D eigenvalue weighted by Gasteiger charge is 2.26. The lowest BCUT2D eigenvalue weighted by atomic mass is 9.90. The smallest absolute Gasteiger partial charge is 0.149 e. The lowest BCUT2D eigenvalue weighted by Gasteiger charge is -2.25. The van der Waals surface area contributed by atoms with E-state index in [1.54, 1.807) is 0 Å². The van der Waals surface area contributed by atoms with E-state index in [2.05, 4.69) is 17.5 Å². The largest absolute Gasteiger partial charge is 0.372 e. The molecule has 1 aliphatic rings. The van der Waals surface area contributed by atoms with Crippen molar-refractivity contribution in [3.8, 4) is 17.2 Å². The predicted molar refractivity (Wildman–Crippen MR) is 143 cm³/mol. The Morgan fingerprint density at radius 3 is 2.23 bits per heavy atom. The molecule has 172 valence electrons. The van der Waals surface area contributed by atoms with E-state index < -0.39 is 0 Å². The molecule has 2 heterocycles. The first-order valence-electron chi connectivity index (χ1n) is 11.1. The molecule has 3 aromatic carbocycles. The van der Waals surface area contributed by atoms with Gasteiger partial charge in [-0.15, -0.1) is 0 Å². The van der Waals surface area contributed by atoms with Gasteiger partial charge >= 0.3 is 0 Å². The molecule has 5 rings (SSSR count). The first-order valence-corrected chi connectivity index (χ1v) is 11.9. The quantitative estimate of drug-likeness (QED) is 0.309. The minimum absolute atomic E-state index is 0.359. The zero-order chi connectivity index (χ0) is 24.4. The van der Waals surface area contributed by atoms with Crippen molar-refractivity contribution >= 4 is 46.4 Å². The van der Waals surface area contributed by atoms with E-state index in [4.69, 9.17) is 32.9 Å². The summed E-state index contributed by atoms with van der Waals surface area (Å²) in [6, 6.07) is 25.5. The van der Waals surface area contributed by atoms with Crippen LogP contribution in [-0.4, -0.2) is 11.6 Å². The van der Waals surface area contributed by atoms with Gasteiger partial charge in [0.15, 0.2) is 0 Å². The average Bonchev–Trinajstić information content (AvgIpc) is 2.87. The number of anilines is 2. The third kappa shape index (κ3) is 4.94. The summed E-state index contributed by atoms with van der Waals surface area (Å²) in [5.41, 5.74) is 7.77. The second-order valence-corrected chi connectivity index (χ2v) is 9.23. The first-order chi connectivity index (χ1) is 17.0. The molecule has 35 heavy (non-hydrogen) atoms. The number of fused-ring (bicyclic) bond motifs is 1. The number of nitrogens with zero attached hydrogens (tertiary/aromatic N) is 2. The van der Waals surface area contributed by atoms with Gasteiger partial charge in [-0.2, -0.15) is 5.26 Å². The van der Waals surface area contributed by atoms with Crippen molar-refractivity contribution < 1.29 is 4.74 Å². The number of halogens is 2. The van der Waals surface area contributed by atoms with E-state index in [-0.39, 0.29) is 0 Å². The van der Waals surface area contributed by atoms with Gasteiger partial charge in [-0.05, 0) is 60.5 Å². The molecule has 0 amide bonds. The van der Waals surface area contributed by atoms with Gasteiger partial charge in [0.2, 0.25) is 0 Å². The summed E-state index contributed by atoms with van der Waals surface area (Å²) in [5.74, 6) is 0.504. The standard InChI is InChI=1S/C29H21Cl2N3O/c1-18-2-12-24(13-3-18)33-29-25(15-32)27(20-6-10-23(31)11-7-20)26-17-35-16-21(28(26)34-29)14-19-4-8-22(30)9-5-19/h2-14H,16-17H2,1H3,(H,33,34)/b21-14+. The lowest BCUT2D eigenvalue weighted by Crippen LogP contribution is -2.15. The number of hydrogen-bond acceptors (Lipinski definition) is 4. The number of nitrogens with one attached hydrogen (secondary N) is 1. The summed E-state index contributed by atoms with van der Waals surface area (Å²) < 4.78 is 5.97. The first kappa shape index (κ1) is 23.1. The summed E-state index contributed by atoms with van der Waals surface area (Å²) in [6.07, 6.45) is 2.05. The minimum Gasteiger partial charge on any atom is -0.372 e. The predicted octanol–water partition coefficient (Wildman–Crippen LogP) is 8.05. The Labute approximate surface area is 214 Å². The Morgan fingerprint density at radius 2 is 1.57 bits per heavy atom. The van der Waals surface area contributed by atoms with E-state index in [0.717, 1.165) is 44.8 Å². The second-order valence-electron chi connectivity index (χ2n) is 8.36. The van der Waals surface area contributed by atoms with Crippen molar-refractivity contribution in [2.75, 3.05) is 11.9 Å². The molecule has 4 nitrogen and oxygen atoms in total. The fourth-order valence-corrected chi connectivity index (χ4v) is 4.39. The molecule has 0 atom stereocenters. The number of pyridine rings is 1. The van der Waals surface area contributed by atoms with Crippen LogP contribution >= 0.6 is 23.2 Å². The molecule has 6 heteroatoms. The molecule has 0 aliphatic carbocycles. The number of aryl methyl sites for hydroxylation is 1. The number of rotatable bonds is 4. The maximum absolute atomic E-state index is 10.2. The number of ether oxygens (including phenoxy) is 1. The molecular formula is C29H21Cl2N3O. The Hall–Kier alpha value is -3.62. The molecule has 0 radical (unpaired) electrons. The van der Waals surface area contributed by atoms with Crippen molar-refractivity contribution in [1.82, 2.24) is 4.98 Å². The van der Waals surface area contributed by atoms with Crippen LogP contribution in [0, 0.1) is 18.3 Å². The fourth-order valence-electron chi connectivity index (χ4n) is 4.14. The van der Waals surface area contributed by atoms with Crippen LogP contribution in [-0.2, 0) is 11.3 Å². The van der Waals surface area contributed by atoms with Crippen molar-refractivity contribution in [2.45, 2.75) is 13.5 Å². The SMILES string of the molecule is Cc1ccc(Nc2nc3c(c(-c4ccc(Cl)cc4)c2C#N)COC/C3=C\c2ccc(Cl)cc2)cc1. The van der Waals surface area contributed by atoms with Crippen LogP contribution in [0.3, 0.4) is 0 Å². The highest BCUT2D eigenvalue weighted by atomic mass is 35.5. The highest BCUT2D eigenvalue weighted by molar-refractivity contribution is 6.30. The molecule has 1 aliphatic heterocycles. The van der Waals surface area contributed by atoms with Crippen LogP contribution < -0.4 is 5.32 Å². The molecule has 0 spiro atoms. The van der Waals surface area contributed by atoms with Crippen molar-refractivity contribution in [2.24, 2.45) is 0 Å². The topological polar surface area (TPSA) is 57.9 Å². The molecular weight excluding hydrogens is 477 g/mol. The monoisotopic (exact) mass is 497 g/mol. The van der Waals surface area contributed by atoms with E-state index >= 15 is 0 Å². The summed E-state index contributed by atoms with van der Waals surface area (Å²) in [6.45, 7) is 2.81. The van der Waals surface area contributed by atoms with Gasteiger partial charge < -0.3 is 10.1 Å². The normalized spacial score (nSPS) is 13.8. The van der Waals surface area contributed by atoms with Crippen LogP contribution in [0.1, 0.15) is 27.9 Å². The Morgan fingerprint density at radius 1 is 0.914 bits per heavy atom. The van der Waals surface area contributed by atoms with Gasteiger partial charge in [0.05, 0.1) is 18.9 Å². The van der Waals surface area contributed by atoms with Crippen LogP contribution in [0.25, 0.3) is 22.8 Å². The average molecular weight is 498 g/mol. The van der Waals surface area contributed by atoms with Crippen molar-refractivity contribution in [3.05, 3.63) is 111 Å². The van der Waals surface area contributed by atoms with Crippen molar-refractivity contribution in [1.29, 1.82) is 5.26 Å². The van der Waals surface area contributed by atoms with Crippen LogP contribution in [0.2, 0.25) is 10.0 Å². The number of benzene rings is 3. The highest BCUT2D eigenvalue weighted by Crippen LogP contribution is 2.40. The Kier molecular flexibility index (Phi) is 6.57. The number of hydrogen-bond donors (Lipinski definition) is 1. The fraction of sp³-hybridized carbons (Fsp3) is 0.103. The molecule has 1 N–H and O–H groups in total. The minimum atomic E-state index is 0.359. The maximum Gasteiger partial charge on any atom is 0.149 e. The second kappa shape index (κ2) is 9.93. The molecule has 0 saturated heterocycles. The maximum atomic E-state index is 10.2. The van der Waals surface area contributed by atoms with E-state index in [0.29, 0.717) is 34.6 Å². The molecule has 4 aromatic rings. The summed E-state index contributed by atoms with van der Waals surface area (Å²) in [7, 11) is 0. The Balaban J connectivity index is 1.72. The summed E-state index contributed by atoms with van der Waals surface area (Å²) in [4.78, 5) is 4.97. The van der Waals surface area contributed by atoms with Crippen LogP contribution in [0.5, 0.6) is 0 Å². The van der Waals surface area contributed by atoms with E-state index in [1.165, 1.54) is 0 Å². The number of aromatic nitrogens is 1. The van der Waals surface area contributed by atoms with Gasteiger partial charge in [-0.25, -0.2) is 4.98 Å². The lowest BCUT2D eigenvalue weighted by molar-refractivity contribution is 0.146. The molecule has 0 bridgehead atoms. The zero-order valence-corrected chi connectivity index (χ0v) is 20.5. The summed E-state index contributed by atoms with van der Waals surface area (Å²) in [5, 5.41) is 14.9.